The largest absolute Gasteiger partial charge is 0.416 e. The van der Waals surface area contributed by atoms with Crippen molar-refractivity contribution in [2.45, 2.75) is 11.1 Å². The smallest absolute Gasteiger partial charge is 0.329 e. The average Bonchev–Trinajstić information content (AvgIpc) is 2.47. The Kier molecular flexibility index (Phi) is 5.57. The Balaban J connectivity index is 2.27. The van der Waals surface area contributed by atoms with Crippen molar-refractivity contribution in [2.75, 3.05) is 39.3 Å². The third-order valence-electron chi connectivity index (χ3n) is 3.65. The first-order valence-electron chi connectivity index (χ1n) is 6.95. The van der Waals surface area contributed by atoms with Gasteiger partial charge in [-0.3, -0.25) is 4.90 Å². The number of hydrogen-bond donors (Lipinski definition) is 1. The highest BCUT2D eigenvalue weighted by molar-refractivity contribution is 7.89. The average molecular weight is 372 g/mol. The van der Waals surface area contributed by atoms with Gasteiger partial charge in [-0.05, 0) is 18.2 Å². The topological polar surface area (TPSA) is 66.6 Å². The van der Waals surface area contributed by atoms with E-state index in [2.05, 4.69) is 0 Å². The Labute approximate surface area is 137 Å². The zero-order valence-electron chi connectivity index (χ0n) is 12.2. The van der Waals surface area contributed by atoms with E-state index in [-0.39, 0.29) is 18.1 Å². The van der Waals surface area contributed by atoms with Crippen molar-refractivity contribution in [3.8, 4) is 0 Å². The minimum atomic E-state index is -4.63. The normalized spacial score (nSPS) is 18.3. The number of halogens is 4. The molecule has 1 fully saturated rings. The van der Waals surface area contributed by atoms with Crippen LogP contribution in [0, 0.1) is 0 Å². The molecule has 1 aliphatic heterocycles. The van der Waals surface area contributed by atoms with Crippen LogP contribution < -0.4 is 5.73 Å². The molecule has 0 spiro atoms. The van der Waals surface area contributed by atoms with Crippen LogP contribution in [0.1, 0.15) is 5.56 Å². The van der Waals surface area contributed by atoms with Gasteiger partial charge < -0.3 is 5.73 Å². The molecule has 1 heterocycles. The van der Waals surface area contributed by atoms with E-state index in [0.717, 1.165) is 16.4 Å². The van der Waals surface area contributed by atoms with Crippen molar-refractivity contribution in [3.05, 3.63) is 28.8 Å². The van der Waals surface area contributed by atoms with E-state index in [4.69, 9.17) is 17.3 Å². The SMILES string of the molecule is NCCN1CCN(S(=O)(=O)c2cc(C(F)(F)F)ccc2Cl)CC1. The molecule has 0 aliphatic carbocycles. The maximum absolute atomic E-state index is 12.8. The van der Waals surface area contributed by atoms with Crippen molar-refractivity contribution in [1.29, 1.82) is 0 Å². The Morgan fingerprint density at radius 2 is 1.78 bits per heavy atom. The van der Waals surface area contributed by atoms with E-state index in [1.54, 1.807) is 0 Å². The first-order valence-corrected chi connectivity index (χ1v) is 8.77. The summed E-state index contributed by atoms with van der Waals surface area (Å²) in [5.74, 6) is 0. The van der Waals surface area contributed by atoms with Crippen molar-refractivity contribution < 1.29 is 21.6 Å². The zero-order valence-corrected chi connectivity index (χ0v) is 13.8. The van der Waals surface area contributed by atoms with Gasteiger partial charge in [-0.25, -0.2) is 8.42 Å². The third kappa shape index (κ3) is 4.16. The fourth-order valence-corrected chi connectivity index (χ4v) is 4.32. The van der Waals surface area contributed by atoms with Crippen molar-refractivity contribution in [3.63, 3.8) is 0 Å². The molecule has 10 heteroatoms. The quantitative estimate of drug-likeness (QED) is 0.873. The molecule has 0 aromatic heterocycles. The summed E-state index contributed by atoms with van der Waals surface area (Å²) in [5.41, 5.74) is 4.41. The van der Waals surface area contributed by atoms with Crippen LogP contribution >= 0.6 is 11.6 Å². The predicted molar refractivity (Wildman–Crippen MR) is 80.7 cm³/mol. The highest BCUT2D eigenvalue weighted by atomic mass is 35.5. The number of alkyl halides is 3. The van der Waals surface area contributed by atoms with Gasteiger partial charge >= 0.3 is 6.18 Å². The second-order valence-corrected chi connectivity index (χ2v) is 7.49. The highest BCUT2D eigenvalue weighted by Gasteiger charge is 2.35. The minimum Gasteiger partial charge on any atom is -0.329 e. The van der Waals surface area contributed by atoms with Gasteiger partial charge in [0.25, 0.3) is 0 Å². The summed E-state index contributed by atoms with van der Waals surface area (Å²) < 4.78 is 64.7. The molecule has 130 valence electrons. The van der Waals surface area contributed by atoms with Gasteiger partial charge in [0, 0.05) is 39.3 Å². The van der Waals surface area contributed by atoms with E-state index >= 15 is 0 Å². The molecule has 0 radical (unpaired) electrons. The lowest BCUT2D eigenvalue weighted by molar-refractivity contribution is -0.137. The fraction of sp³-hybridized carbons (Fsp3) is 0.538. The number of nitrogens with zero attached hydrogens (tertiary/aromatic N) is 2. The number of sulfonamides is 1. The first-order chi connectivity index (χ1) is 10.7. The summed E-state index contributed by atoms with van der Waals surface area (Å²) in [6.07, 6.45) is -4.63. The first kappa shape index (κ1) is 18.5. The summed E-state index contributed by atoms with van der Waals surface area (Å²) in [7, 11) is -4.07. The van der Waals surface area contributed by atoms with Gasteiger partial charge in [0.05, 0.1) is 10.6 Å². The van der Waals surface area contributed by atoms with E-state index in [9.17, 15) is 21.6 Å². The Morgan fingerprint density at radius 1 is 1.17 bits per heavy atom. The molecule has 0 saturated carbocycles. The summed E-state index contributed by atoms with van der Waals surface area (Å²) in [4.78, 5) is 1.49. The number of benzene rings is 1. The second kappa shape index (κ2) is 6.94. The van der Waals surface area contributed by atoms with E-state index in [0.29, 0.717) is 32.2 Å². The third-order valence-corrected chi connectivity index (χ3v) is 6.03. The second-order valence-electron chi connectivity index (χ2n) is 5.18. The van der Waals surface area contributed by atoms with Crippen LogP contribution in [0.3, 0.4) is 0 Å². The maximum Gasteiger partial charge on any atom is 0.416 e. The van der Waals surface area contributed by atoms with Gasteiger partial charge in [0.1, 0.15) is 4.90 Å². The lowest BCUT2D eigenvalue weighted by Gasteiger charge is -2.33. The molecule has 0 amide bonds. The van der Waals surface area contributed by atoms with Crippen LogP contribution in [0.25, 0.3) is 0 Å². The van der Waals surface area contributed by atoms with Gasteiger partial charge in [0.15, 0.2) is 0 Å². The van der Waals surface area contributed by atoms with E-state index < -0.39 is 26.7 Å². The van der Waals surface area contributed by atoms with Crippen molar-refractivity contribution in [1.82, 2.24) is 9.21 Å². The molecule has 2 rings (SSSR count). The van der Waals surface area contributed by atoms with Crippen LogP contribution in [0.5, 0.6) is 0 Å². The number of hydrogen-bond acceptors (Lipinski definition) is 4. The maximum atomic E-state index is 12.8. The van der Waals surface area contributed by atoms with Gasteiger partial charge in [-0.15, -0.1) is 0 Å². The van der Waals surface area contributed by atoms with Crippen LogP contribution in [0.2, 0.25) is 5.02 Å². The number of nitrogens with two attached hydrogens (primary N) is 1. The van der Waals surface area contributed by atoms with Crippen LogP contribution in [-0.4, -0.2) is 56.9 Å². The monoisotopic (exact) mass is 371 g/mol. The van der Waals surface area contributed by atoms with E-state index in [1.165, 1.54) is 0 Å². The molecule has 1 aromatic carbocycles. The van der Waals surface area contributed by atoms with Crippen LogP contribution in [-0.2, 0) is 16.2 Å². The molecule has 1 aromatic rings. The molecular weight excluding hydrogens is 355 g/mol. The molecular formula is C13H17ClF3N3O2S. The fourth-order valence-electron chi connectivity index (χ4n) is 2.39. The Morgan fingerprint density at radius 3 is 2.30 bits per heavy atom. The standard InChI is InChI=1S/C13H17ClF3N3O2S/c14-11-2-1-10(13(15,16)17)9-12(11)23(21,22)20-7-5-19(4-3-18)6-8-20/h1-2,9H,3-8,18H2. The van der Waals surface area contributed by atoms with E-state index in [1.807, 2.05) is 4.90 Å². The van der Waals surface area contributed by atoms with Crippen molar-refractivity contribution >= 4 is 21.6 Å². The lowest BCUT2D eigenvalue weighted by atomic mass is 10.2. The minimum absolute atomic E-state index is 0.189. The summed E-state index contributed by atoms with van der Waals surface area (Å²) in [5, 5.41) is -0.220. The Bertz CT molecular complexity index is 659. The summed E-state index contributed by atoms with van der Waals surface area (Å²) in [6.45, 7) is 2.45. The number of piperazine rings is 1. The zero-order chi connectivity index (χ0) is 17.3. The van der Waals surface area contributed by atoms with Gasteiger partial charge in [-0.2, -0.15) is 17.5 Å². The van der Waals surface area contributed by atoms with Crippen molar-refractivity contribution in [2.24, 2.45) is 5.73 Å². The molecule has 0 unspecified atom stereocenters. The molecule has 2 N–H and O–H groups in total. The molecule has 23 heavy (non-hydrogen) atoms. The highest BCUT2D eigenvalue weighted by Crippen LogP contribution is 2.34. The lowest BCUT2D eigenvalue weighted by Crippen LogP contribution is -2.49. The molecule has 5 nitrogen and oxygen atoms in total. The van der Waals surface area contributed by atoms with Gasteiger partial charge in [0.2, 0.25) is 10.0 Å². The summed E-state index contributed by atoms with van der Waals surface area (Å²) >= 11 is 5.83. The number of rotatable bonds is 4. The summed E-state index contributed by atoms with van der Waals surface area (Å²) in [6, 6.07) is 2.31. The van der Waals surface area contributed by atoms with Crippen LogP contribution in [0.15, 0.2) is 23.1 Å². The Hall–Kier alpha value is -0.870. The molecule has 0 atom stereocenters. The predicted octanol–water partition coefficient (Wildman–Crippen LogP) is 1.62. The molecule has 0 bridgehead atoms. The molecule has 1 saturated heterocycles. The van der Waals surface area contributed by atoms with Crippen LogP contribution in [0.4, 0.5) is 13.2 Å². The molecule has 1 aliphatic rings. The van der Waals surface area contributed by atoms with Gasteiger partial charge in [-0.1, -0.05) is 11.6 Å².